The lowest BCUT2D eigenvalue weighted by molar-refractivity contribution is -0.143. The summed E-state index contributed by atoms with van der Waals surface area (Å²) in [6.45, 7) is -0.0454. The number of likely N-dealkylation sites (tertiary alicyclic amines) is 1. The Hall–Kier alpha value is -2.14. The minimum atomic E-state index is -4.63. The number of aliphatic hydroxyl groups excluding tert-OH is 2. The number of hydrogen-bond acceptors (Lipinski definition) is 7. The number of nitrogens with two attached hydrogens (primary N) is 1. The van der Waals surface area contributed by atoms with Gasteiger partial charge in [-0.3, -0.25) is 4.79 Å². The van der Waals surface area contributed by atoms with Gasteiger partial charge in [0.1, 0.15) is 11.4 Å². The van der Waals surface area contributed by atoms with Gasteiger partial charge < -0.3 is 26.2 Å². The maximum atomic E-state index is 12.6. The van der Waals surface area contributed by atoms with Gasteiger partial charge >= 0.3 is 6.18 Å². The van der Waals surface area contributed by atoms with Gasteiger partial charge in [0.25, 0.3) is 5.91 Å². The molecule has 1 amide bonds. The number of aromatic nitrogens is 2. The number of nitrogens with zero attached hydrogens (tertiary/aromatic N) is 3. The highest BCUT2D eigenvalue weighted by atomic mass is 19.4. The summed E-state index contributed by atoms with van der Waals surface area (Å²) in [4.78, 5) is 20.4. The molecule has 2 rings (SSSR count). The van der Waals surface area contributed by atoms with Crippen LogP contribution < -0.4 is 11.1 Å². The van der Waals surface area contributed by atoms with E-state index in [0.29, 0.717) is 25.6 Å². The highest BCUT2D eigenvalue weighted by Crippen LogP contribution is 2.32. The molecule has 2 heterocycles. The number of amides is 1. The van der Waals surface area contributed by atoms with Crippen LogP contribution in [0.5, 0.6) is 0 Å². The third-order valence-electron chi connectivity index (χ3n) is 3.65. The molecule has 0 unspecified atom stereocenters. The number of rotatable bonds is 4. The van der Waals surface area contributed by atoms with Gasteiger partial charge in [-0.1, -0.05) is 0 Å². The van der Waals surface area contributed by atoms with Crippen molar-refractivity contribution in [3.63, 3.8) is 0 Å². The van der Waals surface area contributed by atoms with E-state index in [0.717, 1.165) is 0 Å². The van der Waals surface area contributed by atoms with Gasteiger partial charge in [0.15, 0.2) is 6.10 Å². The lowest BCUT2D eigenvalue weighted by Gasteiger charge is -2.34. The summed E-state index contributed by atoms with van der Waals surface area (Å²) in [6.07, 6.45) is -4.24. The average Bonchev–Trinajstić information content (AvgIpc) is 2.52. The van der Waals surface area contributed by atoms with E-state index in [-0.39, 0.29) is 18.5 Å². The smallest absolute Gasteiger partial charge is 0.393 e. The van der Waals surface area contributed by atoms with E-state index < -0.39 is 36.2 Å². The van der Waals surface area contributed by atoms with E-state index in [1.807, 2.05) is 0 Å². The predicted octanol–water partition coefficient (Wildman–Crippen LogP) is -0.166. The molecule has 5 N–H and O–H groups in total. The van der Waals surface area contributed by atoms with Crippen LogP contribution in [0.2, 0.25) is 0 Å². The van der Waals surface area contributed by atoms with Crippen LogP contribution in [-0.4, -0.2) is 62.8 Å². The third kappa shape index (κ3) is 4.23. The van der Waals surface area contributed by atoms with Crippen molar-refractivity contribution in [2.24, 2.45) is 0 Å². The summed E-state index contributed by atoms with van der Waals surface area (Å²) in [5, 5.41) is 21.0. The van der Waals surface area contributed by atoms with Crippen LogP contribution in [0.3, 0.4) is 0 Å². The van der Waals surface area contributed by atoms with Gasteiger partial charge in [0.2, 0.25) is 5.95 Å². The second kappa shape index (κ2) is 7.18. The predicted molar refractivity (Wildman–Crippen MR) is 77.8 cm³/mol. The Morgan fingerprint density at radius 3 is 2.83 bits per heavy atom. The number of aliphatic hydroxyl groups is 2. The first-order valence-electron chi connectivity index (χ1n) is 7.26. The van der Waals surface area contributed by atoms with Crippen LogP contribution in [-0.2, 0) is 11.0 Å². The van der Waals surface area contributed by atoms with Gasteiger partial charge in [0.05, 0.1) is 6.61 Å². The van der Waals surface area contributed by atoms with Crippen molar-refractivity contribution < 1.29 is 28.2 Å². The molecule has 1 aromatic heterocycles. The molecule has 0 aromatic carbocycles. The molecule has 1 aliphatic rings. The summed E-state index contributed by atoms with van der Waals surface area (Å²) in [5.74, 6) is -1.35. The van der Waals surface area contributed by atoms with Crippen LogP contribution in [0, 0.1) is 0 Å². The van der Waals surface area contributed by atoms with Crippen molar-refractivity contribution in [2.75, 3.05) is 30.7 Å². The van der Waals surface area contributed by atoms with Crippen molar-refractivity contribution in [3.8, 4) is 0 Å². The largest absolute Gasteiger partial charge is 0.421 e. The molecule has 0 saturated carbocycles. The Kier molecular flexibility index (Phi) is 5.44. The zero-order valence-electron chi connectivity index (χ0n) is 12.6. The number of carbonyl (C=O) groups excluding carboxylic acids is 1. The third-order valence-corrected chi connectivity index (χ3v) is 3.65. The molecule has 24 heavy (non-hydrogen) atoms. The summed E-state index contributed by atoms with van der Waals surface area (Å²) in [7, 11) is 0. The fourth-order valence-corrected chi connectivity index (χ4v) is 2.45. The summed E-state index contributed by atoms with van der Waals surface area (Å²) in [6, 6.07) is -0.301. The molecule has 8 nitrogen and oxygen atoms in total. The number of anilines is 2. The molecule has 0 aliphatic carbocycles. The number of alkyl halides is 3. The van der Waals surface area contributed by atoms with Crippen molar-refractivity contribution in [1.82, 2.24) is 14.9 Å². The second-order valence-electron chi connectivity index (χ2n) is 5.46. The van der Waals surface area contributed by atoms with Gasteiger partial charge in [-0.05, 0) is 12.8 Å². The summed E-state index contributed by atoms with van der Waals surface area (Å²) < 4.78 is 37.9. The maximum absolute atomic E-state index is 12.6. The van der Waals surface area contributed by atoms with Crippen molar-refractivity contribution in [1.29, 1.82) is 0 Å². The van der Waals surface area contributed by atoms with Gasteiger partial charge in [-0.25, -0.2) is 4.98 Å². The lowest BCUT2D eigenvalue weighted by atomic mass is 10.1. The first-order chi connectivity index (χ1) is 11.2. The summed E-state index contributed by atoms with van der Waals surface area (Å²) >= 11 is 0. The van der Waals surface area contributed by atoms with Crippen LogP contribution in [0.25, 0.3) is 0 Å². The Balaban J connectivity index is 2.03. The molecule has 2 atom stereocenters. The fraction of sp³-hybridized carbons (Fsp3) is 0.615. The van der Waals surface area contributed by atoms with Crippen LogP contribution in [0.4, 0.5) is 24.9 Å². The second-order valence-corrected chi connectivity index (χ2v) is 5.46. The molecule has 1 saturated heterocycles. The SMILES string of the molecule is Nc1nc(N[C@H]2CCCN(C(=O)[C@H](O)CO)C2)ncc1C(F)(F)F. The number of hydrogen-bond donors (Lipinski definition) is 4. The fourth-order valence-electron chi connectivity index (χ4n) is 2.45. The molecular formula is C13H18F3N5O3. The molecule has 134 valence electrons. The molecule has 0 spiro atoms. The van der Waals surface area contributed by atoms with Crippen LogP contribution in [0.15, 0.2) is 6.20 Å². The molecule has 0 bridgehead atoms. The molecule has 0 radical (unpaired) electrons. The number of piperidine rings is 1. The first kappa shape index (κ1) is 18.2. The van der Waals surface area contributed by atoms with Crippen molar-refractivity contribution in [3.05, 3.63) is 11.8 Å². The van der Waals surface area contributed by atoms with E-state index in [1.54, 1.807) is 0 Å². The zero-order valence-corrected chi connectivity index (χ0v) is 12.6. The van der Waals surface area contributed by atoms with E-state index in [1.165, 1.54) is 4.90 Å². The molecular weight excluding hydrogens is 331 g/mol. The van der Waals surface area contributed by atoms with E-state index in [4.69, 9.17) is 10.8 Å². The topological polar surface area (TPSA) is 125 Å². The Labute approximate surface area is 135 Å². The molecule has 11 heteroatoms. The van der Waals surface area contributed by atoms with E-state index in [2.05, 4.69) is 15.3 Å². The molecule has 1 aromatic rings. The Morgan fingerprint density at radius 2 is 2.25 bits per heavy atom. The minimum absolute atomic E-state index is 0.0671. The molecule has 1 fully saturated rings. The van der Waals surface area contributed by atoms with Crippen molar-refractivity contribution >= 4 is 17.7 Å². The quantitative estimate of drug-likeness (QED) is 0.595. The van der Waals surface area contributed by atoms with Crippen LogP contribution >= 0.6 is 0 Å². The first-order valence-corrected chi connectivity index (χ1v) is 7.26. The Bertz CT molecular complexity index is 599. The standard InChI is InChI=1S/C13H18F3N5O3/c14-13(15,16)8-4-18-12(20-10(8)17)19-7-2-1-3-21(5-7)11(24)9(23)6-22/h4,7,9,22-23H,1-3,5-6H2,(H3,17,18,19,20)/t7-,9+/m0/s1. The maximum Gasteiger partial charge on any atom is 0.421 e. The number of nitrogen functional groups attached to an aromatic ring is 1. The van der Waals surface area contributed by atoms with Crippen molar-refractivity contribution in [2.45, 2.75) is 31.2 Å². The Morgan fingerprint density at radius 1 is 1.54 bits per heavy atom. The number of carbonyl (C=O) groups is 1. The average molecular weight is 349 g/mol. The highest BCUT2D eigenvalue weighted by Gasteiger charge is 2.34. The van der Waals surface area contributed by atoms with E-state index >= 15 is 0 Å². The normalized spacial score (nSPS) is 19.9. The molecule has 1 aliphatic heterocycles. The zero-order chi connectivity index (χ0) is 17.9. The monoisotopic (exact) mass is 349 g/mol. The summed E-state index contributed by atoms with van der Waals surface area (Å²) in [5.41, 5.74) is 4.20. The van der Waals surface area contributed by atoms with Gasteiger partial charge in [-0.2, -0.15) is 18.2 Å². The number of halogens is 3. The van der Waals surface area contributed by atoms with Gasteiger partial charge in [-0.15, -0.1) is 0 Å². The highest BCUT2D eigenvalue weighted by molar-refractivity contribution is 5.81. The van der Waals surface area contributed by atoms with E-state index in [9.17, 15) is 23.1 Å². The van der Waals surface area contributed by atoms with Crippen LogP contribution in [0.1, 0.15) is 18.4 Å². The lowest BCUT2D eigenvalue weighted by Crippen LogP contribution is -2.49. The van der Waals surface area contributed by atoms with Gasteiger partial charge in [0, 0.05) is 25.3 Å². The number of nitrogens with one attached hydrogen (secondary N) is 1. The minimum Gasteiger partial charge on any atom is -0.393 e.